The molecule has 134 valence electrons. The van der Waals surface area contributed by atoms with Crippen molar-refractivity contribution >= 4 is 12.0 Å². The Bertz CT molecular complexity index is 549. The van der Waals surface area contributed by atoms with Crippen molar-refractivity contribution in [2.45, 2.75) is 32.9 Å². The molecule has 1 atom stereocenters. The maximum atomic E-state index is 12.4. The first-order chi connectivity index (χ1) is 11.5. The highest BCUT2D eigenvalue weighted by molar-refractivity contribution is 5.91. The zero-order valence-corrected chi connectivity index (χ0v) is 14.1. The van der Waals surface area contributed by atoms with E-state index in [0.717, 1.165) is 0 Å². The second-order valence-electron chi connectivity index (χ2n) is 5.04. The Balaban J connectivity index is 2.72. The van der Waals surface area contributed by atoms with Crippen LogP contribution >= 0.6 is 0 Å². The predicted octanol–water partition coefficient (Wildman–Crippen LogP) is 3.24. The molecule has 1 rings (SSSR count). The Morgan fingerprint density at radius 1 is 1.33 bits per heavy atom. The van der Waals surface area contributed by atoms with Crippen LogP contribution in [0.4, 0.5) is 8.78 Å². The van der Waals surface area contributed by atoms with Gasteiger partial charge in [-0.25, -0.2) is 0 Å². The first kappa shape index (κ1) is 19.9. The molecule has 0 radical (unpaired) electrons. The van der Waals surface area contributed by atoms with Gasteiger partial charge in [-0.05, 0) is 44.0 Å². The zero-order chi connectivity index (χ0) is 17.9. The van der Waals surface area contributed by atoms with E-state index in [4.69, 9.17) is 9.47 Å². The van der Waals surface area contributed by atoms with E-state index in [2.05, 4.69) is 10.1 Å². The standard InChI is InChI=1S/C17H23F2NO4/c1-4-23-15-11-13(5-7-14(15)24-17(18)19)6-8-16(21)20-12(2)9-10-22-3/h5-8,11-12,17H,4,9-10H2,1-3H3,(H,20,21). The quantitative estimate of drug-likeness (QED) is 0.663. The normalized spacial score (nSPS) is 12.4. The maximum Gasteiger partial charge on any atom is 0.387 e. The minimum atomic E-state index is -2.93. The molecule has 0 saturated heterocycles. The molecule has 24 heavy (non-hydrogen) atoms. The Morgan fingerprint density at radius 3 is 2.71 bits per heavy atom. The molecule has 0 heterocycles. The van der Waals surface area contributed by atoms with Crippen LogP contribution in [0.5, 0.6) is 11.5 Å². The molecule has 1 aromatic carbocycles. The number of carbonyl (C=O) groups excluding carboxylic acids is 1. The molecule has 1 unspecified atom stereocenters. The van der Waals surface area contributed by atoms with E-state index in [0.29, 0.717) is 25.2 Å². The molecule has 1 amide bonds. The Morgan fingerprint density at radius 2 is 2.08 bits per heavy atom. The van der Waals surface area contributed by atoms with Crippen LogP contribution in [0.15, 0.2) is 24.3 Å². The molecule has 0 saturated carbocycles. The van der Waals surface area contributed by atoms with E-state index >= 15 is 0 Å². The number of rotatable bonds is 10. The summed E-state index contributed by atoms with van der Waals surface area (Å²) in [6, 6.07) is 4.48. The summed E-state index contributed by atoms with van der Waals surface area (Å²) in [6.07, 6.45) is 3.67. The molecule has 0 spiro atoms. The van der Waals surface area contributed by atoms with Gasteiger partial charge >= 0.3 is 6.61 Å². The Labute approximate surface area is 140 Å². The van der Waals surface area contributed by atoms with Crippen LogP contribution in [0, 0.1) is 0 Å². The summed E-state index contributed by atoms with van der Waals surface area (Å²) >= 11 is 0. The van der Waals surface area contributed by atoms with Gasteiger partial charge in [0.1, 0.15) is 0 Å². The van der Waals surface area contributed by atoms with E-state index in [9.17, 15) is 13.6 Å². The van der Waals surface area contributed by atoms with Crippen LogP contribution in [0.3, 0.4) is 0 Å². The minimum absolute atomic E-state index is 0.0112. The van der Waals surface area contributed by atoms with Gasteiger partial charge in [-0.2, -0.15) is 8.78 Å². The topological polar surface area (TPSA) is 56.8 Å². The SMILES string of the molecule is CCOc1cc(C=CC(=O)NC(C)CCOC)ccc1OC(F)F. The van der Waals surface area contributed by atoms with Gasteiger partial charge in [-0.1, -0.05) is 6.07 Å². The van der Waals surface area contributed by atoms with Crippen LogP contribution < -0.4 is 14.8 Å². The van der Waals surface area contributed by atoms with Gasteiger partial charge in [0.05, 0.1) is 6.61 Å². The lowest BCUT2D eigenvalue weighted by atomic mass is 10.2. The van der Waals surface area contributed by atoms with E-state index in [1.807, 2.05) is 6.92 Å². The summed E-state index contributed by atoms with van der Waals surface area (Å²) in [5, 5.41) is 2.80. The monoisotopic (exact) mass is 343 g/mol. The molecular weight excluding hydrogens is 320 g/mol. The maximum absolute atomic E-state index is 12.4. The van der Waals surface area contributed by atoms with Gasteiger partial charge in [0.2, 0.25) is 5.91 Å². The number of hydrogen-bond acceptors (Lipinski definition) is 4. The van der Waals surface area contributed by atoms with E-state index in [1.54, 1.807) is 32.2 Å². The molecule has 1 aromatic rings. The fourth-order valence-corrected chi connectivity index (χ4v) is 1.92. The van der Waals surface area contributed by atoms with E-state index < -0.39 is 6.61 Å². The van der Waals surface area contributed by atoms with Crippen LogP contribution in [-0.2, 0) is 9.53 Å². The summed E-state index contributed by atoms with van der Waals surface area (Å²) in [6.45, 7) is 1.57. The largest absolute Gasteiger partial charge is 0.490 e. The third-order valence-electron chi connectivity index (χ3n) is 3.05. The Kier molecular flexibility index (Phi) is 8.78. The predicted molar refractivity (Wildman–Crippen MR) is 87.4 cm³/mol. The first-order valence-electron chi connectivity index (χ1n) is 7.65. The number of carbonyl (C=O) groups is 1. The van der Waals surface area contributed by atoms with Crippen molar-refractivity contribution in [1.82, 2.24) is 5.32 Å². The summed E-state index contributed by atoms with van der Waals surface area (Å²) < 4.78 is 39.3. The van der Waals surface area contributed by atoms with Gasteiger partial charge in [-0.3, -0.25) is 4.79 Å². The van der Waals surface area contributed by atoms with Crippen LogP contribution in [0.25, 0.3) is 6.08 Å². The fraction of sp³-hybridized carbons (Fsp3) is 0.471. The number of ether oxygens (including phenoxy) is 3. The van der Waals surface area contributed by atoms with Crippen molar-refractivity contribution in [1.29, 1.82) is 0 Å². The van der Waals surface area contributed by atoms with Crippen molar-refractivity contribution in [2.24, 2.45) is 0 Å². The molecule has 0 bridgehead atoms. The molecule has 0 aliphatic heterocycles. The number of benzene rings is 1. The minimum Gasteiger partial charge on any atom is -0.490 e. The lowest BCUT2D eigenvalue weighted by Crippen LogP contribution is -2.31. The van der Waals surface area contributed by atoms with Gasteiger partial charge in [0.15, 0.2) is 11.5 Å². The summed E-state index contributed by atoms with van der Waals surface area (Å²) in [7, 11) is 1.60. The van der Waals surface area contributed by atoms with Crippen molar-refractivity contribution in [3.05, 3.63) is 29.8 Å². The molecule has 0 aliphatic rings. The number of nitrogens with one attached hydrogen (secondary N) is 1. The summed E-state index contributed by atoms with van der Waals surface area (Å²) in [4.78, 5) is 11.8. The summed E-state index contributed by atoms with van der Waals surface area (Å²) in [5.74, 6) is -0.0834. The number of halogens is 2. The lowest BCUT2D eigenvalue weighted by Gasteiger charge is -2.12. The van der Waals surface area contributed by atoms with Gasteiger partial charge in [-0.15, -0.1) is 0 Å². The second kappa shape index (κ2) is 10.6. The third kappa shape index (κ3) is 7.41. The average Bonchev–Trinajstić information content (AvgIpc) is 2.53. The van der Waals surface area contributed by atoms with Crippen LogP contribution in [-0.4, -0.2) is 38.9 Å². The molecule has 5 nitrogen and oxygen atoms in total. The molecular formula is C17H23F2NO4. The molecule has 0 aromatic heterocycles. The molecule has 1 N–H and O–H groups in total. The zero-order valence-electron chi connectivity index (χ0n) is 14.1. The van der Waals surface area contributed by atoms with E-state index in [1.165, 1.54) is 12.1 Å². The average molecular weight is 343 g/mol. The highest BCUT2D eigenvalue weighted by atomic mass is 19.3. The van der Waals surface area contributed by atoms with E-state index in [-0.39, 0.29) is 23.4 Å². The molecule has 0 fully saturated rings. The van der Waals surface area contributed by atoms with Crippen molar-refractivity contribution in [3.63, 3.8) is 0 Å². The smallest absolute Gasteiger partial charge is 0.387 e. The number of hydrogen-bond donors (Lipinski definition) is 1. The number of methoxy groups -OCH3 is 1. The van der Waals surface area contributed by atoms with Crippen molar-refractivity contribution < 1.29 is 27.8 Å². The Hall–Kier alpha value is -2.15. The first-order valence-corrected chi connectivity index (χ1v) is 7.65. The number of alkyl halides is 2. The highest BCUT2D eigenvalue weighted by Gasteiger charge is 2.11. The highest BCUT2D eigenvalue weighted by Crippen LogP contribution is 2.30. The van der Waals surface area contributed by atoms with Gasteiger partial charge in [0.25, 0.3) is 0 Å². The van der Waals surface area contributed by atoms with Crippen LogP contribution in [0.1, 0.15) is 25.8 Å². The number of amides is 1. The second-order valence-corrected chi connectivity index (χ2v) is 5.04. The summed E-state index contributed by atoms with van der Waals surface area (Å²) in [5.41, 5.74) is 0.639. The molecule has 7 heteroatoms. The third-order valence-corrected chi connectivity index (χ3v) is 3.05. The van der Waals surface area contributed by atoms with Crippen molar-refractivity contribution in [2.75, 3.05) is 20.3 Å². The van der Waals surface area contributed by atoms with Gasteiger partial charge < -0.3 is 19.5 Å². The fourth-order valence-electron chi connectivity index (χ4n) is 1.92. The van der Waals surface area contributed by atoms with Crippen LogP contribution in [0.2, 0.25) is 0 Å². The van der Waals surface area contributed by atoms with Gasteiger partial charge in [0, 0.05) is 25.8 Å². The van der Waals surface area contributed by atoms with Crippen molar-refractivity contribution in [3.8, 4) is 11.5 Å². The molecule has 0 aliphatic carbocycles. The lowest BCUT2D eigenvalue weighted by molar-refractivity contribution is -0.117.